The van der Waals surface area contributed by atoms with Gasteiger partial charge in [0.25, 0.3) is 0 Å². The molecule has 3 amide bonds. The van der Waals surface area contributed by atoms with E-state index in [1.807, 2.05) is 11.8 Å². The number of amides is 3. The third-order valence-electron chi connectivity index (χ3n) is 6.31. The lowest BCUT2D eigenvalue weighted by Gasteiger charge is -2.31. The second-order valence-corrected chi connectivity index (χ2v) is 9.48. The molecule has 4 rings (SSSR count). The number of carbonyl (C=O) groups is 2. The minimum absolute atomic E-state index is 0.0534. The van der Waals surface area contributed by atoms with Crippen LogP contribution >= 0.6 is 11.8 Å². The van der Waals surface area contributed by atoms with Crippen molar-refractivity contribution in [3.05, 3.63) is 35.6 Å². The second kappa shape index (κ2) is 8.31. The molecule has 5 nitrogen and oxygen atoms in total. The molecule has 1 aliphatic carbocycles. The number of urea groups is 1. The summed E-state index contributed by atoms with van der Waals surface area (Å²) in [6.45, 7) is 0. The third-order valence-corrected chi connectivity index (χ3v) is 7.82. The van der Waals surface area contributed by atoms with Crippen LogP contribution < -0.4 is 16.0 Å². The van der Waals surface area contributed by atoms with Crippen LogP contribution in [0.5, 0.6) is 0 Å². The van der Waals surface area contributed by atoms with Crippen molar-refractivity contribution < 1.29 is 14.0 Å². The van der Waals surface area contributed by atoms with Gasteiger partial charge in [0.2, 0.25) is 5.91 Å². The van der Waals surface area contributed by atoms with Gasteiger partial charge in [-0.05, 0) is 43.4 Å². The van der Waals surface area contributed by atoms with E-state index in [1.165, 1.54) is 12.1 Å². The Morgan fingerprint density at radius 3 is 2.68 bits per heavy atom. The largest absolute Gasteiger partial charge is 0.347 e. The zero-order valence-electron chi connectivity index (χ0n) is 16.0. The van der Waals surface area contributed by atoms with Crippen LogP contribution in [-0.2, 0) is 10.3 Å². The van der Waals surface area contributed by atoms with Crippen molar-refractivity contribution in [2.75, 3.05) is 5.75 Å². The van der Waals surface area contributed by atoms with E-state index in [0.29, 0.717) is 11.7 Å². The fourth-order valence-corrected chi connectivity index (χ4v) is 6.38. The van der Waals surface area contributed by atoms with E-state index in [9.17, 15) is 14.0 Å². The Balaban J connectivity index is 1.24. The van der Waals surface area contributed by atoms with Crippen molar-refractivity contribution >= 4 is 23.7 Å². The number of halogens is 1. The predicted molar refractivity (Wildman–Crippen MR) is 109 cm³/mol. The van der Waals surface area contributed by atoms with Gasteiger partial charge >= 0.3 is 6.03 Å². The van der Waals surface area contributed by atoms with Crippen molar-refractivity contribution in [3.8, 4) is 0 Å². The average Bonchev–Trinajstić information content (AvgIpc) is 3.37. The maximum atomic E-state index is 13.3. The van der Waals surface area contributed by atoms with Gasteiger partial charge in [-0.2, -0.15) is 11.8 Å². The molecule has 2 aliphatic heterocycles. The molecule has 1 saturated carbocycles. The molecule has 0 spiro atoms. The summed E-state index contributed by atoms with van der Waals surface area (Å²) in [6, 6.07) is 6.99. The number of hydrogen-bond acceptors (Lipinski definition) is 3. The van der Waals surface area contributed by atoms with Crippen LogP contribution in [0.3, 0.4) is 0 Å². The Morgan fingerprint density at radius 1 is 1.18 bits per heavy atom. The van der Waals surface area contributed by atoms with E-state index >= 15 is 0 Å². The van der Waals surface area contributed by atoms with Crippen molar-refractivity contribution in [3.63, 3.8) is 0 Å². The van der Waals surface area contributed by atoms with Gasteiger partial charge in [0.05, 0.1) is 17.6 Å². The molecule has 28 heavy (non-hydrogen) atoms. The van der Waals surface area contributed by atoms with E-state index in [4.69, 9.17) is 0 Å². The molecule has 2 saturated heterocycles. The molecule has 7 heteroatoms. The van der Waals surface area contributed by atoms with Gasteiger partial charge in [-0.3, -0.25) is 4.79 Å². The number of hydrogen-bond donors (Lipinski definition) is 3. The molecule has 3 aliphatic rings. The molecule has 0 radical (unpaired) electrons. The number of thioether (sulfide) groups is 1. The summed E-state index contributed by atoms with van der Waals surface area (Å²) < 4.78 is 13.3. The van der Waals surface area contributed by atoms with Crippen LogP contribution in [0.1, 0.15) is 56.9 Å². The number of fused-ring (bicyclic) bond motifs is 1. The minimum atomic E-state index is -0.334. The highest BCUT2D eigenvalue weighted by Gasteiger charge is 2.42. The Labute approximate surface area is 169 Å². The lowest BCUT2D eigenvalue weighted by Crippen LogP contribution is -2.43. The van der Waals surface area contributed by atoms with E-state index in [2.05, 4.69) is 16.0 Å². The first kappa shape index (κ1) is 19.6. The van der Waals surface area contributed by atoms with Crippen molar-refractivity contribution in [2.24, 2.45) is 0 Å². The first-order chi connectivity index (χ1) is 13.6. The zero-order valence-corrected chi connectivity index (χ0v) is 16.8. The maximum Gasteiger partial charge on any atom is 0.315 e. The van der Waals surface area contributed by atoms with Crippen LogP contribution in [0.2, 0.25) is 0 Å². The first-order valence-corrected chi connectivity index (χ1v) is 11.4. The minimum Gasteiger partial charge on any atom is -0.347 e. The summed E-state index contributed by atoms with van der Waals surface area (Å²) in [5, 5.41) is 9.68. The smallest absolute Gasteiger partial charge is 0.315 e. The first-order valence-electron chi connectivity index (χ1n) is 10.3. The predicted octanol–water partition coefficient (Wildman–Crippen LogP) is 3.44. The highest BCUT2D eigenvalue weighted by molar-refractivity contribution is 8.00. The van der Waals surface area contributed by atoms with Crippen LogP contribution in [0, 0.1) is 5.82 Å². The molecule has 0 unspecified atom stereocenters. The average molecular weight is 406 g/mol. The maximum absolute atomic E-state index is 13.3. The summed E-state index contributed by atoms with van der Waals surface area (Å²) in [4.78, 5) is 24.1. The fraction of sp³-hybridized carbons (Fsp3) is 0.619. The highest BCUT2D eigenvalue weighted by Crippen LogP contribution is 2.39. The van der Waals surface area contributed by atoms with Gasteiger partial charge in [-0.25, -0.2) is 9.18 Å². The lowest BCUT2D eigenvalue weighted by molar-refractivity contribution is -0.123. The topological polar surface area (TPSA) is 70.2 Å². The number of rotatable bonds is 7. The summed E-state index contributed by atoms with van der Waals surface area (Å²) >= 11 is 1.91. The molecule has 0 aromatic heterocycles. The Bertz CT molecular complexity index is 721. The zero-order chi connectivity index (χ0) is 19.6. The van der Waals surface area contributed by atoms with Crippen LogP contribution in [-0.4, -0.2) is 35.0 Å². The molecule has 152 valence electrons. The third kappa shape index (κ3) is 4.14. The number of carbonyl (C=O) groups excluding carboxylic acids is 2. The molecular formula is C21H28FN3O2S. The number of benzene rings is 1. The van der Waals surface area contributed by atoms with E-state index in [1.54, 1.807) is 12.1 Å². The van der Waals surface area contributed by atoms with Crippen molar-refractivity contribution in [2.45, 2.75) is 74.2 Å². The summed E-state index contributed by atoms with van der Waals surface area (Å²) in [5.74, 6) is 0.803. The Kier molecular flexibility index (Phi) is 5.80. The quantitative estimate of drug-likeness (QED) is 0.481. The van der Waals surface area contributed by atoms with E-state index < -0.39 is 0 Å². The summed E-state index contributed by atoms with van der Waals surface area (Å²) in [7, 11) is 0. The van der Waals surface area contributed by atoms with Gasteiger partial charge in [0, 0.05) is 17.4 Å². The van der Waals surface area contributed by atoms with Gasteiger partial charge < -0.3 is 16.0 Å². The Morgan fingerprint density at radius 2 is 1.93 bits per heavy atom. The number of unbranched alkanes of at least 4 members (excludes halogenated alkanes) is 1. The fourth-order valence-electron chi connectivity index (χ4n) is 4.84. The van der Waals surface area contributed by atoms with Gasteiger partial charge in [0.1, 0.15) is 5.82 Å². The number of nitrogens with one attached hydrogen (secondary N) is 3. The molecule has 3 fully saturated rings. The van der Waals surface area contributed by atoms with Crippen molar-refractivity contribution in [1.29, 1.82) is 0 Å². The van der Waals surface area contributed by atoms with Gasteiger partial charge in [-0.1, -0.05) is 31.4 Å². The summed E-state index contributed by atoms with van der Waals surface area (Å²) in [5.41, 5.74) is 0.677. The van der Waals surface area contributed by atoms with Gasteiger partial charge in [-0.15, -0.1) is 0 Å². The molecule has 2 heterocycles. The van der Waals surface area contributed by atoms with E-state index in [0.717, 1.165) is 56.3 Å². The van der Waals surface area contributed by atoms with Crippen LogP contribution in [0.15, 0.2) is 24.3 Å². The molecule has 3 N–H and O–H groups in total. The highest BCUT2D eigenvalue weighted by atomic mass is 32.2. The standard InChI is InChI=1S/C21H28FN3O2S/c22-15-9-7-14(8-10-15)21(11-3-4-12-21)25-18(26)6-2-1-5-17-19-16(13-28-17)23-20(27)24-19/h7-10,16-17,19H,1-6,11-13H2,(H,25,26)(H2,23,24,27)/t16-,17+,19+/m1/s1. The molecule has 0 bridgehead atoms. The second-order valence-electron chi connectivity index (χ2n) is 8.21. The monoisotopic (exact) mass is 405 g/mol. The van der Waals surface area contributed by atoms with Gasteiger partial charge in [0.15, 0.2) is 0 Å². The molecular weight excluding hydrogens is 377 g/mol. The molecule has 1 aromatic carbocycles. The Hall–Kier alpha value is -1.76. The summed E-state index contributed by atoms with van der Waals surface area (Å²) in [6.07, 6.45) is 7.35. The molecule has 3 atom stereocenters. The lowest BCUT2D eigenvalue weighted by atomic mass is 9.88. The van der Waals surface area contributed by atoms with Crippen LogP contribution in [0.4, 0.5) is 9.18 Å². The SMILES string of the molecule is O=C(CCCC[C@@H]1SC[C@H]2NC(=O)N[C@H]12)NC1(c2ccc(F)cc2)CCCC1. The normalized spacial score (nSPS) is 27.9. The van der Waals surface area contributed by atoms with E-state index in [-0.39, 0.29) is 35.4 Å². The molecule has 1 aromatic rings. The van der Waals surface area contributed by atoms with Crippen LogP contribution in [0.25, 0.3) is 0 Å². The van der Waals surface area contributed by atoms with Crippen molar-refractivity contribution in [1.82, 2.24) is 16.0 Å².